The fourth-order valence-electron chi connectivity index (χ4n) is 3.05. The van der Waals surface area contributed by atoms with Gasteiger partial charge in [0.05, 0.1) is 0 Å². The summed E-state index contributed by atoms with van der Waals surface area (Å²) in [6.07, 6.45) is 2.42. The van der Waals surface area contributed by atoms with E-state index in [1.54, 1.807) is 0 Å². The Balaban J connectivity index is 1.39. The maximum Gasteiger partial charge on any atom is 0.119 e. The van der Waals surface area contributed by atoms with Gasteiger partial charge in [-0.1, -0.05) is 41.9 Å². The van der Waals surface area contributed by atoms with Gasteiger partial charge in [-0.25, -0.2) is 0 Å². The summed E-state index contributed by atoms with van der Waals surface area (Å²) in [6.45, 7) is 4.11. The Morgan fingerprint density at radius 1 is 1.05 bits per heavy atom. The second kappa shape index (κ2) is 7.66. The molecule has 1 aliphatic heterocycles. The molecule has 1 unspecified atom stereocenters. The first-order valence-corrected chi connectivity index (χ1v) is 8.32. The minimum Gasteiger partial charge on any atom is -0.492 e. The van der Waals surface area contributed by atoms with Crippen LogP contribution in [0, 0.1) is 5.92 Å². The van der Waals surface area contributed by atoms with Crippen LogP contribution in [0.1, 0.15) is 12.0 Å². The van der Waals surface area contributed by atoms with Gasteiger partial charge in [-0.15, -0.1) is 0 Å². The van der Waals surface area contributed by atoms with Crippen LogP contribution in [0.25, 0.3) is 0 Å². The van der Waals surface area contributed by atoms with Gasteiger partial charge in [-0.05, 0) is 55.1 Å². The monoisotopic (exact) mass is 315 g/mol. The van der Waals surface area contributed by atoms with Crippen LogP contribution in [0.15, 0.2) is 54.6 Å². The maximum absolute atomic E-state index is 5.94. The van der Waals surface area contributed by atoms with Crippen molar-refractivity contribution >= 4 is 11.6 Å². The molecule has 0 spiro atoms. The lowest BCUT2D eigenvalue weighted by molar-refractivity contribution is 0.232. The summed E-state index contributed by atoms with van der Waals surface area (Å²) in [6, 6.07) is 18.3. The zero-order chi connectivity index (χ0) is 15.2. The zero-order valence-corrected chi connectivity index (χ0v) is 13.5. The van der Waals surface area contributed by atoms with Crippen LogP contribution in [-0.4, -0.2) is 31.1 Å². The Kier molecular flexibility index (Phi) is 5.36. The SMILES string of the molecule is Clc1ccc(CC2CCN(CCOc3ccccc3)C2)cc1. The van der Waals surface area contributed by atoms with Crippen LogP contribution in [0.2, 0.25) is 5.02 Å². The van der Waals surface area contributed by atoms with Gasteiger partial charge in [0, 0.05) is 18.1 Å². The molecule has 0 amide bonds. The van der Waals surface area contributed by atoms with Gasteiger partial charge < -0.3 is 4.74 Å². The molecule has 1 atom stereocenters. The average molecular weight is 316 g/mol. The molecule has 1 heterocycles. The van der Waals surface area contributed by atoms with E-state index in [1.807, 2.05) is 42.5 Å². The van der Waals surface area contributed by atoms with Crippen LogP contribution in [0.4, 0.5) is 0 Å². The van der Waals surface area contributed by atoms with Crippen molar-refractivity contribution in [3.63, 3.8) is 0 Å². The first kappa shape index (κ1) is 15.4. The summed E-state index contributed by atoms with van der Waals surface area (Å²) < 4.78 is 5.78. The third kappa shape index (κ3) is 4.49. The fraction of sp³-hybridized carbons (Fsp3) is 0.368. The molecule has 0 saturated carbocycles. The second-order valence-corrected chi connectivity index (χ2v) is 6.38. The van der Waals surface area contributed by atoms with Gasteiger partial charge >= 0.3 is 0 Å². The first-order chi connectivity index (χ1) is 10.8. The van der Waals surface area contributed by atoms with Crippen molar-refractivity contribution in [3.8, 4) is 5.75 Å². The molecule has 0 bridgehead atoms. The van der Waals surface area contributed by atoms with E-state index in [0.29, 0.717) is 0 Å². The predicted octanol–water partition coefficient (Wildman–Crippen LogP) is 4.28. The molecule has 116 valence electrons. The average Bonchev–Trinajstić information content (AvgIpc) is 2.98. The number of rotatable bonds is 6. The standard InChI is InChI=1S/C19H22ClNO/c20-18-8-6-16(7-9-18)14-17-10-11-21(15-17)12-13-22-19-4-2-1-3-5-19/h1-9,17H,10-15H2. The molecule has 2 aromatic rings. The molecule has 2 aromatic carbocycles. The van der Waals surface area contributed by atoms with E-state index in [2.05, 4.69) is 17.0 Å². The largest absolute Gasteiger partial charge is 0.492 e. The number of hydrogen-bond acceptors (Lipinski definition) is 2. The Bertz CT molecular complexity index is 570. The molecule has 3 rings (SSSR count). The van der Waals surface area contributed by atoms with Gasteiger partial charge in [0.2, 0.25) is 0 Å². The lowest BCUT2D eigenvalue weighted by Gasteiger charge is -2.16. The predicted molar refractivity (Wildman–Crippen MR) is 91.6 cm³/mol. The maximum atomic E-state index is 5.94. The molecule has 0 radical (unpaired) electrons. The number of benzene rings is 2. The van der Waals surface area contributed by atoms with Crippen LogP contribution in [0.3, 0.4) is 0 Å². The molecule has 0 N–H and O–H groups in total. The van der Waals surface area contributed by atoms with Gasteiger partial charge in [0.25, 0.3) is 0 Å². The molecule has 2 nitrogen and oxygen atoms in total. The van der Waals surface area contributed by atoms with E-state index in [4.69, 9.17) is 16.3 Å². The van der Waals surface area contributed by atoms with Gasteiger partial charge in [0.15, 0.2) is 0 Å². The number of likely N-dealkylation sites (tertiary alicyclic amines) is 1. The molecule has 0 aliphatic carbocycles. The smallest absolute Gasteiger partial charge is 0.119 e. The Morgan fingerprint density at radius 3 is 2.59 bits per heavy atom. The number of ether oxygens (including phenoxy) is 1. The summed E-state index contributed by atoms with van der Waals surface area (Å²) in [5.41, 5.74) is 1.39. The Hall–Kier alpha value is -1.51. The lowest BCUT2D eigenvalue weighted by Crippen LogP contribution is -2.26. The van der Waals surface area contributed by atoms with Crippen molar-refractivity contribution < 1.29 is 4.74 Å². The molecule has 1 saturated heterocycles. The highest BCUT2D eigenvalue weighted by molar-refractivity contribution is 6.30. The number of nitrogens with zero attached hydrogens (tertiary/aromatic N) is 1. The van der Waals surface area contributed by atoms with Gasteiger partial charge in [0.1, 0.15) is 12.4 Å². The number of halogens is 1. The van der Waals surface area contributed by atoms with E-state index in [0.717, 1.165) is 36.3 Å². The van der Waals surface area contributed by atoms with Gasteiger partial charge in [-0.2, -0.15) is 0 Å². The van der Waals surface area contributed by atoms with Crippen molar-refractivity contribution in [3.05, 3.63) is 65.2 Å². The highest BCUT2D eigenvalue weighted by atomic mass is 35.5. The first-order valence-electron chi connectivity index (χ1n) is 7.94. The highest BCUT2D eigenvalue weighted by Crippen LogP contribution is 2.21. The minimum atomic E-state index is 0.748. The van der Waals surface area contributed by atoms with E-state index < -0.39 is 0 Å². The Morgan fingerprint density at radius 2 is 1.82 bits per heavy atom. The third-order valence-electron chi connectivity index (χ3n) is 4.23. The summed E-state index contributed by atoms with van der Waals surface area (Å²) in [5.74, 6) is 1.71. The van der Waals surface area contributed by atoms with Crippen molar-refractivity contribution in [2.45, 2.75) is 12.8 Å². The molecular formula is C19H22ClNO. The van der Waals surface area contributed by atoms with E-state index >= 15 is 0 Å². The highest BCUT2D eigenvalue weighted by Gasteiger charge is 2.22. The summed E-state index contributed by atoms with van der Waals surface area (Å²) in [5, 5.41) is 0.815. The second-order valence-electron chi connectivity index (χ2n) is 5.95. The van der Waals surface area contributed by atoms with E-state index in [1.165, 1.54) is 25.1 Å². The fourth-order valence-corrected chi connectivity index (χ4v) is 3.17. The number of hydrogen-bond donors (Lipinski definition) is 0. The minimum absolute atomic E-state index is 0.748. The quantitative estimate of drug-likeness (QED) is 0.788. The molecule has 22 heavy (non-hydrogen) atoms. The number of para-hydroxylation sites is 1. The summed E-state index contributed by atoms with van der Waals surface area (Å²) >= 11 is 5.94. The molecule has 1 fully saturated rings. The molecular weight excluding hydrogens is 294 g/mol. The van der Waals surface area contributed by atoms with Crippen LogP contribution < -0.4 is 4.74 Å². The summed E-state index contributed by atoms with van der Waals surface area (Å²) in [4.78, 5) is 2.50. The third-order valence-corrected chi connectivity index (χ3v) is 4.48. The van der Waals surface area contributed by atoms with Crippen molar-refractivity contribution in [2.24, 2.45) is 5.92 Å². The van der Waals surface area contributed by atoms with Crippen LogP contribution >= 0.6 is 11.6 Å². The van der Waals surface area contributed by atoms with Crippen LogP contribution in [-0.2, 0) is 6.42 Å². The normalized spacial score (nSPS) is 18.5. The van der Waals surface area contributed by atoms with E-state index in [9.17, 15) is 0 Å². The van der Waals surface area contributed by atoms with Crippen LogP contribution in [0.5, 0.6) is 5.75 Å². The van der Waals surface area contributed by atoms with Crippen molar-refractivity contribution in [2.75, 3.05) is 26.2 Å². The van der Waals surface area contributed by atoms with Crippen molar-refractivity contribution in [1.29, 1.82) is 0 Å². The van der Waals surface area contributed by atoms with E-state index in [-0.39, 0.29) is 0 Å². The molecule has 1 aliphatic rings. The molecule has 3 heteroatoms. The van der Waals surface area contributed by atoms with Crippen molar-refractivity contribution in [1.82, 2.24) is 4.90 Å². The Labute approximate surface area is 137 Å². The zero-order valence-electron chi connectivity index (χ0n) is 12.7. The van der Waals surface area contributed by atoms with Gasteiger partial charge in [-0.3, -0.25) is 4.90 Å². The summed E-state index contributed by atoms with van der Waals surface area (Å²) in [7, 11) is 0. The topological polar surface area (TPSA) is 12.5 Å². The lowest BCUT2D eigenvalue weighted by atomic mass is 9.99. The molecule has 0 aromatic heterocycles.